The van der Waals surface area contributed by atoms with Crippen LogP contribution in [-0.2, 0) is 11.2 Å². The van der Waals surface area contributed by atoms with Crippen molar-refractivity contribution in [2.75, 3.05) is 0 Å². The van der Waals surface area contributed by atoms with E-state index < -0.39 is 6.04 Å². The number of hydrogen-bond donors (Lipinski definition) is 2. The van der Waals surface area contributed by atoms with Gasteiger partial charge in [-0.05, 0) is 42.7 Å². The van der Waals surface area contributed by atoms with E-state index in [0.717, 1.165) is 12.8 Å². The first-order valence-corrected chi connectivity index (χ1v) is 9.54. The summed E-state index contributed by atoms with van der Waals surface area (Å²) in [6, 6.07) is 13.3. The predicted molar refractivity (Wildman–Crippen MR) is 103 cm³/mol. The van der Waals surface area contributed by atoms with Crippen LogP contribution in [0.1, 0.15) is 42.4 Å². The van der Waals surface area contributed by atoms with Gasteiger partial charge in [0.2, 0.25) is 5.91 Å². The van der Waals surface area contributed by atoms with Gasteiger partial charge in [0.25, 0.3) is 5.91 Å². The molecule has 2 aromatic rings. The van der Waals surface area contributed by atoms with Crippen LogP contribution in [0.4, 0.5) is 0 Å². The number of benzene rings is 1. The monoisotopic (exact) mass is 358 g/mol. The number of carbonyl (C=O) groups is 2. The van der Waals surface area contributed by atoms with Gasteiger partial charge in [0.05, 0.1) is 4.88 Å². The predicted octanol–water partition coefficient (Wildman–Crippen LogP) is 3.64. The molecule has 1 heterocycles. The van der Waals surface area contributed by atoms with Crippen LogP contribution >= 0.6 is 11.3 Å². The molecule has 2 N–H and O–H groups in total. The molecule has 0 aliphatic carbocycles. The first-order chi connectivity index (χ1) is 12.0. The lowest BCUT2D eigenvalue weighted by Gasteiger charge is -2.24. The Morgan fingerprint density at radius 3 is 2.32 bits per heavy atom. The van der Waals surface area contributed by atoms with Crippen molar-refractivity contribution in [2.24, 2.45) is 5.92 Å². The Kier molecular flexibility index (Phi) is 7.19. The van der Waals surface area contributed by atoms with Crippen LogP contribution < -0.4 is 10.6 Å². The van der Waals surface area contributed by atoms with E-state index in [1.807, 2.05) is 50.4 Å². The van der Waals surface area contributed by atoms with Crippen LogP contribution in [0.3, 0.4) is 0 Å². The van der Waals surface area contributed by atoms with E-state index in [9.17, 15) is 9.59 Å². The van der Waals surface area contributed by atoms with Gasteiger partial charge in [0.1, 0.15) is 6.04 Å². The van der Waals surface area contributed by atoms with Crippen molar-refractivity contribution >= 4 is 23.2 Å². The highest BCUT2D eigenvalue weighted by atomic mass is 32.1. The zero-order valence-corrected chi connectivity index (χ0v) is 15.8. The van der Waals surface area contributed by atoms with E-state index in [1.54, 1.807) is 6.07 Å². The Balaban J connectivity index is 1.87. The van der Waals surface area contributed by atoms with E-state index in [1.165, 1.54) is 16.9 Å². The number of thiophene rings is 1. The van der Waals surface area contributed by atoms with E-state index in [-0.39, 0.29) is 23.8 Å². The maximum absolute atomic E-state index is 12.6. The van der Waals surface area contributed by atoms with E-state index >= 15 is 0 Å². The smallest absolute Gasteiger partial charge is 0.262 e. The second-order valence-corrected chi connectivity index (χ2v) is 7.55. The molecule has 2 amide bonds. The summed E-state index contributed by atoms with van der Waals surface area (Å²) in [6.07, 6.45) is 1.77. The fraction of sp³-hybridized carbons (Fsp3) is 0.400. The molecular formula is C20H26N2O2S. The SMILES string of the molecule is CC(CCc1ccccc1)NC(=O)C(NC(=O)c1cccs1)C(C)C. The molecule has 25 heavy (non-hydrogen) atoms. The molecule has 134 valence electrons. The highest BCUT2D eigenvalue weighted by Gasteiger charge is 2.25. The molecular weight excluding hydrogens is 332 g/mol. The summed E-state index contributed by atoms with van der Waals surface area (Å²) < 4.78 is 0. The molecule has 0 aliphatic heterocycles. The van der Waals surface area contributed by atoms with Gasteiger partial charge in [-0.3, -0.25) is 9.59 Å². The molecule has 0 saturated carbocycles. The van der Waals surface area contributed by atoms with E-state index in [0.29, 0.717) is 4.88 Å². The summed E-state index contributed by atoms with van der Waals surface area (Å²) in [6.45, 7) is 5.88. The fourth-order valence-corrected chi connectivity index (χ4v) is 3.21. The average molecular weight is 359 g/mol. The second kappa shape index (κ2) is 9.37. The van der Waals surface area contributed by atoms with E-state index in [4.69, 9.17) is 0 Å². The Hall–Kier alpha value is -2.14. The molecule has 5 heteroatoms. The minimum Gasteiger partial charge on any atom is -0.352 e. The number of aryl methyl sites for hydroxylation is 1. The molecule has 0 fully saturated rings. The lowest BCUT2D eigenvalue weighted by Crippen LogP contribution is -2.51. The van der Waals surface area contributed by atoms with Crippen molar-refractivity contribution in [1.29, 1.82) is 0 Å². The molecule has 1 aromatic heterocycles. The summed E-state index contributed by atoms with van der Waals surface area (Å²) in [4.78, 5) is 25.5. The number of nitrogens with one attached hydrogen (secondary N) is 2. The molecule has 4 nitrogen and oxygen atoms in total. The third-order valence-electron chi connectivity index (χ3n) is 4.08. The summed E-state index contributed by atoms with van der Waals surface area (Å²) in [5, 5.41) is 7.74. The van der Waals surface area contributed by atoms with Gasteiger partial charge in [-0.25, -0.2) is 0 Å². The molecule has 0 spiro atoms. The van der Waals surface area contributed by atoms with Gasteiger partial charge in [-0.15, -0.1) is 11.3 Å². The molecule has 0 radical (unpaired) electrons. The van der Waals surface area contributed by atoms with Crippen LogP contribution in [-0.4, -0.2) is 23.9 Å². The van der Waals surface area contributed by atoms with Gasteiger partial charge in [0.15, 0.2) is 0 Å². The van der Waals surface area contributed by atoms with Gasteiger partial charge >= 0.3 is 0 Å². The molecule has 2 rings (SSSR count). The zero-order chi connectivity index (χ0) is 18.2. The molecule has 0 bridgehead atoms. The Bertz CT molecular complexity index is 668. The second-order valence-electron chi connectivity index (χ2n) is 6.61. The lowest BCUT2D eigenvalue weighted by molar-refractivity contribution is -0.124. The summed E-state index contributed by atoms with van der Waals surface area (Å²) >= 11 is 1.37. The fourth-order valence-electron chi connectivity index (χ4n) is 2.59. The molecule has 0 saturated heterocycles. The zero-order valence-electron chi connectivity index (χ0n) is 15.0. The third kappa shape index (κ3) is 6.02. The van der Waals surface area contributed by atoms with Crippen molar-refractivity contribution in [3.63, 3.8) is 0 Å². The Morgan fingerprint density at radius 1 is 1.00 bits per heavy atom. The Morgan fingerprint density at radius 2 is 1.72 bits per heavy atom. The van der Waals surface area contributed by atoms with Crippen molar-refractivity contribution in [3.8, 4) is 0 Å². The molecule has 2 atom stereocenters. The molecule has 0 aliphatic rings. The van der Waals surface area contributed by atoms with Gasteiger partial charge < -0.3 is 10.6 Å². The molecule has 2 unspecified atom stereocenters. The van der Waals surface area contributed by atoms with Crippen molar-refractivity contribution in [1.82, 2.24) is 10.6 Å². The third-order valence-corrected chi connectivity index (χ3v) is 4.95. The largest absolute Gasteiger partial charge is 0.352 e. The normalized spacial score (nSPS) is 13.3. The first-order valence-electron chi connectivity index (χ1n) is 8.66. The number of rotatable bonds is 8. The summed E-state index contributed by atoms with van der Waals surface area (Å²) in [5.74, 6) is -0.300. The quantitative estimate of drug-likeness (QED) is 0.757. The average Bonchev–Trinajstić information content (AvgIpc) is 3.13. The minimum absolute atomic E-state index is 0.0187. The van der Waals surface area contributed by atoms with Crippen molar-refractivity contribution < 1.29 is 9.59 Å². The maximum atomic E-state index is 12.6. The lowest BCUT2D eigenvalue weighted by atomic mass is 10.0. The highest BCUT2D eigenvalue weighted by molar-refractivity contribution is 7.12. The standard InChI is InChI=1S/C20H26N2O2S/c1-14(2)18(22-19(23)17-10-7-13-25-17)20(24)21-15(3)11-12-16-8-5-4-6-9-16/h4-10,13-15,18H,11-12H2,1-3H3,(H,21,24)(H,22,23). The highest BCUT2D eigenvalue weighted by Crippen LogP contribution is 2.11. The van der Waals surface area contributed by atoms with E-state index in [2.05, 4.69) is 22.8 Å². The van der Waals surface area contributed by atoms with Crippen molar-refractivity contribution in [2.45, 2.75) is 45.7 Å². The summed E-state index contributed by atoms with van der Waals surface area (Å²) in [7, 11) is 0. The van der Waals surface area contributed by atoms with Crippen LogP contribution in [0.5, 0.6) is 0 Å². The van der Waals surface area contributed by atoms with Crippen LogP contribution in [0.25, 0.3) is 0 Å². The number of hydrogen-bond acceptors (Lipinski definition) is 3. The Labute approximate surface area is 153 Å². The van der Waals surface area contributed by atoms with Gasteiger partial charge in [-0.2, -0.15) is 0 Å². The topological polar surface area (TPSA) is 58.2 Å². The number of amides is 2. The van der Waals surface area contributed by atoms with Crippen LogP contribution in [0.2, 0.25) is 0 Å². The minimum atomic E-state index is -0.534. The van der Waals surface area contributed by atoms with Gasteiger partial charge in [0, 0.05) is 6.04 Å². The van der Waals surface area contributed by atoms with Gasteiger partial charge in [-0.1, -0.05) is 50.2 Å². The number of carbonyl (C=O) groups excluding carboxylic acids is 2. The summed E-state index contributed by atoms with van der Waals surface area (Å²) in [5.41, 5.74) is 1.26. The molecule has 1 aromatic carbocycles. The van der Waals surface area contributed by atoms with Crippen molar-refractivity contribution in [3.05, 3.63) is 58.3 Å². The first kappa shape index (κ1) is 19.2. The maximum Gasteiger partial charge on any atom is 0.262 e. The van der Waals surface area contributed by atoms with Crippen LogP contribution in [0.15, 0.2) is 47.8 Å². The van der Waals surface area contributed by atoms with Crippen LogP contribution in [0, 0.1) is 5.92 Å².